The highest BCUT2D eigenvalue weighted by Crippen LogP contribution is 2.36. The predicted octanol–water partition coefficient (Wildman–Crippen LogP) is 2.73. The van der Waals surface area contributed by atoms with Gasteiger partial charge in [-0.05, 0) is 31.5 Å². The van der Waals surface area contributed by atoms with Crippen molar-refractivity contribution < 1.29 is 16.8 Å². The minimum absolute atomic E-state index is 0.214. The zero-order valence-electron chi connectivity index (χ0n) is 11.7. The highest BCUT2D eigenvalue weighted by molar-refractivity contribution is 8.67. The average Bonchev–Trinajstić information content (AvgIpc) is 2.48. The minimum Gasteiger partial charge on any atom is -0.211 e. The average molecular weight is 324 g/mol. The van der Waals surface area contributed by atoms with Crippen molar-refractivity contribution in [2.45, 2.75) is 23.5 Å². The van der Waals surface area contributed by atoms with Gasteiger partial charge in [-0.3, -0.25) is 0 Å². The standard InChI is InChI=1S/C15H16O4S2/c1-15(2,13-9-5-3-6-10-13)21(18,19)20(16,17)14-11-7-4-8-12-14/h3-12H,1-2H3. The maximum absolute atomic E-state index is 12.7. The molecule has 0 fully saturated rings. The summed E-state index contributed by atoms with van der Waals surface area (Å²) in [6.45, 7) is 2.80. The molecule has 0 aliphatic carbocycles. The highest BCUT2D eigenvalue weighted by atomic mass is 33.2. The molecule has 0 radical (unpaired) electrons. The third-order valence-electron chi connectivity index (χ3n) is 3.41. The zero-order valence-corrected chi connectivity index (χ0v) is 13.4. The summed E-state index contributed by atoms with van der Waals surface area (Å²) in [5.41, 5.74) is 0.435. The Kier molecular flexibility index (Phi) is 3.95. The van der Waals surface area contributed by atoms with E-state index in [1.54, 1.807) is 36.4 Å². The van der Waals surface area contributed by atoms with Crippen LogP contribution in [0.4, 0.5) is 0 Å². The summed E-state index contributed by atoms with van der Waals surface area (Å²) in [5.74, 6) is 0. The van der Waals surface area contributed by atoms with Crippen LogP contribution in [0.3, 0.4) is 0 Å². The summed E-state index contributed by atoms with van der Waals surface area (Å²) < 4.78 is 48.8. The van der Waals surface area contributed by atoms with Gasteiger partial charge in [0.15, 0.2) is 0 Å². The molecule has 0 bridgehead atoms. The number of hydrogen-bond donors (Lipinski definition) is 0. The molecule has 4 nitrogen and oxygen atoms in total. The molecule has 0 aliphatic rings. The van der Waals surface area contributed by atoms with Crippen LogP contribution in [0.15, 0.2) is 65.6 Å². The molecule has 2 aromatic carbocycles. The molecule has 0 unspecified atom stereocenters. The lowest BCUT2D eigenvalue weighted by Crippen LogP contribution is -2.35. The third kappa shape index (κ3) is 2.49. The van der Waals surface area contributed by atoms with E-state index in [2.05, 4.69) is 0 Å². The van der Waals surface area contributed by atoms with E-state index in [-0.39, 0.29) is 4.90 Å². The Bertz CT molecular complexity index is 822. The van der Waals surface area contributed by atoms with E-state index in [1.165, 1.54) is 38.1 Å². The molecule has 0 spiro atoms. The molecule has 0 saturated carbocycles. The Morgan fingerprint density at radius 3 is 1.62 bits per heavy atom. The lowest BCUT2D eigenvalue weighted by molar-refractivity contribution is 0.555. The molecule has 0 atom stereocenters. The fraction of sp³-hybridized carbons (Fsp3) is 0.200. The maximum atomic E-state index is 12.7. The van der Waals surface area contributed by atoms with Crippen molar-refractivity contribution in [3.05, 3.63) is 66.2 Å². The van der Waals surface area contributed by atoms with Gasteiger partial charge < -0.3 is 0 Å². The smallest absolute Gasteiger partial charge is 0.211 e. The Morgan fingerprint density at radius 2 is 1.14 bits per heavy atom. The monoisotopic (exact) mass is 324 g/mol. The van der Waals surface area contributed by atoms with Gasteiger partial charge in [-0.25, -0.2) is 16.8 Å². The van der Waals surface area contributed by atoms with E-state index >= 15 is 0 Å². The molecule has 0 N–H and O–H groups in total. The Morgan fingerprint density at radius 1 is 0.714 bits per heavy atom. The van der Waals surface area contributed by atoms with Crippen molar-refractivity contribution in [2.24, 2.45) is 0 Å². The maximum Gasteiger partial charge on any atom is 0.282 e. The van der Waals surface area contributed by atoms with Gasteiger partial charge in [-0.2, -0.15) is 0 Å². The van der Waals surface area contributed by atoms with E-state index < -0.39 is 22.5 Å². The van der Waals surface area contributed by atoms with Crippen molar-refractivity contribution in [1.29, 1.82) is 0 Å². The Balaban J connectivity index is 2.63. The van der Waals surface area contributed by atoms with Gasteiger partial charge in [-0.15, -0.1) is 0 Å². The highest BCUT2D eigenvalue weighted by Gasteiger charge is 2.46. The molecule has 112 valence electrons. The van der Waals surface area contributed by atoms with Gasteiger partial charge in [-0.1, -0.05) is 48.5 Å². The fourth-order valence-electron chi connectivity index (χ4n) is 1.97. The largest absolute Gasteiger partial charge is 0.282 e. The lowest BCUT2D eigenvalue weighted by Gasteiger charge is -2.24. The summed E-state index contributed by atoms with van der Waals surface area (Å²) in [4.78, 5) is -0.214. The molecule has 2 aromatic rings. The van der Waals surface area contributed by atoms with E-state index in [9.17, 15) is 16.8 Å². The SMILES string of the molecule is CC(C)(c1ccccc1)S(=O)(=O)S(=O)(=O)c1ccccc1. The number of rotatable bonds is 4. The molecule has 0 aromatic heterocycles. The van der Waals surface area contributed by atoms with Crippen LogP contribution in [0.2, 0.25) is 0 Å². The van der Waals surface area contributed by atoms with Crippen LogP contribution in [0, 0.1) is 0 Å². The van der Waals surface area contributed by atoms with E-state index in [4.69, 9.17) is 0 Å². The third-order valence-corrected chi connectivity index (χ3v) is 9.89. The van der Waals surface area contributed by atoms with Crippen LogP contribution >= 0.6 is 0 Å². The molecule has 0 amide bonds. The van der Waals surface area contributed by atoms with Gasteiger partial charge in [0.05, 0.1) is 4.90 Å². The molecular weight excluding hydrogens is 308 g/mol. The minimum atomic E-state index is -4.47. The van der Waals surface area contributed by atoms with Crippen LogP contribution in [-0.4, -0.2) is 16.8 Å². The van der Waals surface area contributed by atoms with Crippen LogP contribution in [0.25, 0.3) is 0 Å². The normalized spacial score (nSPS) is 13.0. The molecule has 2 rings (SSSR count). The summed E-state index contributed by atoms with van der Waals surface area (Å²) in [5, 5.41) is 0. The first kappa shape index (κ1) is 15.7. The van der Waals surface area contributed by atoms with Gasteiger partial charge in [0.25, 0.3) is 17.7 Å². The fourth-order valence-corrected chi connectivity index (χ4v) is 6.72. The molecule has 21 heavy (non-hydrogen) atoms. The van der Waals surface area contributed by atoms with Crippen LogP contribution in [0.5, 0.6) is 0 Å². The Labute approximate surface area is 124 Å². The lowest BCUT2D eigenvalue weighted by atomic mass is 10.0. The molecular formula is C15H16O4S2. The van der Waals surface area contributed by atoms with Crippen molar-refractivity contribution >= 4 is 17.7 Å². The molecule has 0 aliphatic heterocycles. The topological polar surface area (TPSA) is 68.3 Å². The summed E-state index contributed by atoms with van der Waals surface area (Å²) in [6, 6.07) is 15.5. The van der Waals surface area contributed by atoms with Crippen molar-refractivity contribution in [3.63, 3.8) is 0 Å². The summed E-state index contributed by atoms with van der Waals surface area (Å²) in [6.07, 6.45) is 0. The van der Waals surface area contributed by atoms with Gasteiger partial charge in [0.2, 0.25) is 0 Å². The number of hydrogen-bond acceptors (Lipinski definition) is 4. The van der Waals surface area contributed by atoms with Gasteiger partial charge >= 0.3 is 0 Å². The summed E-state index contributed by atoms with van der Waals surface area (Å²) >= 11 is 0. The second-order valence-corrected chi connectivity index (χ2v) is 11.0. The predicted molar refractivity (Wildman–Crippen MR) is 82.0 cm³/mol. The van der Waals surface area contributed by atoms with Crippen molar-refractivity contribution in [2.75, 3.05) is 0 Å². The van der Waals surface area contributed by atoms with E-state index in [1.807, 2.05) is 0 Å². The second kappa shape index (κ2) is 5.27. The first-order chi connectivity index (χ1) is 9.71. The Hall–Kier alpha value is -1.66. The van der Waals surface area contributed by atoms with E-state index in [0.29, 0.717) is 5.56 Å². The number of benzene rings is 2. The van der Waals surface area contributed by atoms with E-state index in [0.717, 1.165) is 0 Å². The molecule has 6 heteroatoms. The zero-order chi connectivity index (χ0) is 15.7. The van der Waals surface area contributed by atoms with Crippen molar-refractivity contribution in [1.82, 2.24) is 0 Å². The second-order valence-electron chi connectivity index (χ2n) is 5.10. The first-order valence-corrected chi connectivity index (χ1v) is 9.80. The molecule has 0 heterocycles. The van der Waals surface area contributed by atoms with Gasteiger partial charge in [0, 0.05) is 0 Å². The van der Waals surface area contributed by atoms with Crippen LogP contribution < -0.4 is 0 Å². The molecule has 0 saturated heterocycles. The van der Waals surface area contributed by atoms with Crippen LogP contribution in [-0.2, 0) is 22.5 Å². The van der Waals surface area contributed by atoms with Gasteiger partial charge in [0.1, 0.15) is 4.75 Å². The first-order valence-electron chi connectivity index (χ1n) is 6.31. The van der Waals surface area contributed by atoms with Crippen molar-refractivity contribution in [3.8, 4) is 0 Å². The van der Waals surface area contributed by atoms with Crippen LogP contribution in [0.1, 0.15) is 19.4 Å². The quantitative estimate of drug-likeness (QED) is 0.811. The summed E-state index contributed by atoms with van der Waals surface area (Å²) in [7, 11) is -8.94.